The van der Waals surface area contributed by atoms with Crippen molar-refractivity contribution in [2.24, 2.45) is 0 Å². The van der Waals surface area contributed by atoms with Gasteiger partial charge in [0.15, 0.2) is 11.1 Å². The highest BCUT2D eigenvalue weighted by Gasteiger charge is 1.95. The van der Waals surface area contributed by atoms with E-state index in [1.54, 1.807) is 42.3 Å². The van der Waals surface area contributed by atoms with Crippen LogP contribution >= 0.6 is 0 Å². The van der Waals surface area contributed by atoms with E-state index in [4.69, 9.17) is 9.90 Å². The number of nitrogens with zero attached hydrogens (tertiary/aromatic N) is 3. The summed E-state index contributed by atoms with van der Waals surface area (Å²) in [4.78, 5) is 70.3. The van der Waals surface area contributed by atoms with E-state index in [0.717, 1.165) is 6.92 Å². The zero-order valence-electron chi connectivity index (χ0n) is 31.4. The van der Waals surface area contributed by atoms with Crippen LogP contribution in [0.2, 0.25) is 0 Å². The summed E-state index contributed by atoms with van der Waals surface area (Å²) < 4.78 is 38.4. The van der Waals surface area contributed by atoms with Crippen LogP contribution in [0, 0.1) is 0 Å². The number of hydrogen-bond acceptors (Lipinski definition) is 13. The molecule has 0 saturated carbocycles. The number of carbonyl (C=O) groups is 7. The van der Waals surface area contributed by atoms with E-state index in [-0.39, 0.29) is 35.3 Å². The summed E-state index contributed by atoms with van der Waals surface area (Å²) in [5.41, 5.74) is 0. The Morgan fingerprint density at radius 1 is 0.522 bits per heavy atom. The van der Waals surface area contributed by atoms with Crippen molar-refractivity contribution in [1.29, 1.82) is 0 Å². The first-order chi connectivity index (χ1) is 20.5. The molecule has 0 fully saturated rings. The molecule has 2 unspecified atom stereocenters. The lowest BCUT2D eigenvalue weighted by molar-refractivity contribution is -0.138. The molecule has 0 heterocycles. The molecular weight excluding hydrogens is 654 g/mol. The van der Waals surface area contributed by atoms with Gasteiger partial charge in [-0.3, -0.25) is 32.3 Å². The normalized spacial score (nSPS) is 9.07. The van der Waals surface area contributed by atoms with Crippen molar-refractivity contribution < 1.29 is 64.9 Å². The molecule has 0 bridgehead atoms. The van der Waals surface area contributed by atoms with Crippen molar-refractivity contribution in [3.8, 4) is 0 Å². The average molecular weight is 716 g/mol. The summed E-state index contributed by atoms with van der Waals surface area (Å²) >= 11 is -2.32. The second kappa shape index (κ2) is 51.4. The van der Waals surface area contributed by atoms with Gasteiger partial charge in [-0.15, -0.1) is 0 Å². The van der Waals surface area contributed by atoms with E-state index in [2.05, 4.69) is 17.8 Å². The highest BCUT2D eigenvalue weighted by Crippen LogP contribution is 1.82. The van der Waals surface area contributed by atoms with Crippen molar-refractivity contribution in [1.82, 2.24) is 14.1 Å². The maximum atomic E-state index is 10.3. The Kier molecular flexibility index (Phi) is 73.3. The summed E-state index contributed by atoms with van der Waals surface area (Å²) in [7, 11) is 15.8. The van der Waals surface area contributed by atoms with Crippen molar-refractivity contribution in [3.63, 3.8) is 0 Å². The van der Waals surface area contributed by atoms with Gasteiger partial charge in [-0.2, -0.15) is 0 Å². The van der Waals surface area contributed by atoms with E-state index in [1.165, 1.54) is 104 Å². The van der Waals surface area contributed by atoms with E-state index >= 15 is 0 Å². The number of rotatable bonds is 3. The lowest BCUT2D eigenvalue weighted by atomic mass is 10.6. The molecule has 19 heteroatoms. The fraction of sp³-hybridized carbons (Fsp3) is 0.741. The Hall–Kier alpha value is -3.13. The Morgan fingerprint density at radius 2 is 0.652 bits per heavy atom. The molecule has 2 atom stereocenters. The first-order valence-electron chi connectivity index (χ1n) is 12.6. The SMILES string of the molecule is CC(=O)N(C)C.CC(=O)N(C)C.CC(=O)O.CC(C)=O.CC(C)=O.COC(C)=O.COC(C)=O.COS(=O)N(C)C.COS(C)=O. The van der Waals surface area contributed by atoms with Gasteiger partial charge in [0.1, 0.15) is 11.6 Å². The summed E-state index contributed by atoms with van der Waals surface area (Å²) in [6.07, 6.45) is 1.47. The minimum atomic E-state index is -1.25. The molecule has 0 aliphatic heterocycles. The Balaban J connectivity index is -0.0000000481. The van der Waals surface area contributed by atoms with Crippen molar-refractivity contribution >= 4 is 63.6 Å². The molecule has 0 aromatic heterocycles. The maximum Gasteiger partial charge on any atom is 0.302 e. The van der Waals surface area contributed by atoms with Crippen LogP contribution in [-0.4, -0.2) is 146 Å². The average Bonchev–Trinajstić information content (AvgIpc) is 2.88. The lowest BCUT2D eigenvalue weighted by Crippen LogP contribution is -2.17. The number of carboxylic acids is 1. The number of methoxy groups -OCH3 is 2. The number of Topliss-reactive ketones (excluding diaryl/α,β-unsaturated/α-hetero) is 2. The van der Waals surface area contributed by atoms with Crippen LogP contribution < -0.4 is 0 Å². The summed E-state index contributed by atoms with van der Waals surface area (Å²) in [6.45, 7) is 13.0. The van der Waals surface area contributed by atoms with Crippen LogP contribution in [0.1, 0.15) is 62.3 Å². The number of amides is 2. The molecule has 2 amide bonds. The highest BCUT2D eigenvalue weighted by molar-refractivity contribution is 7.79. The molecular formula is C27H61N3O14S2. The predicted octanol–water partition coefficient (Wildman–Crippen LogP) is 1.53. The molecule has 0 saturated heterocycles. The smallest absolute Gasteiger partial charge is 0.302 e. The molecule has 0 spiro atoms. The number of ether oxygens (including phenoxy) is 2. The number of carbonyl (C=O) groups excluding carboxylic acids is 6. The lowest BCUT2D eigenvalue weighted by Gasteiger charge is -2.03. The third-order valence-corrected chi connectivity index (χ3v) is 3.86. The molecule has 0 aromatic carbocycles. The molecule has 0 aliphatic carbocycles. The van der Waals surface area contributed by atoms with Gasteiger partial charge in [0, 0.05) is 83.2 Å². The van der Waals surface area contributed by atoms with Gasteiger partial charge in [-0.05, 0) is 27.7 Å². The van der Waals surface area contributed by atoms with Gasteiger partial charge in [-0.1, -0.05) is 0 Å². The molecule has 17 nitrogen and oxygen atoms in total. The fourth-order valence-electron chi connectivity index (χ4n) is 0.149. The Bertz CT molecular complexity index is 745. The highest BCUT2D eigenvalue weighted by atomic mass is 32.2. The van der Waals surface area contributed by atoms with Gasteiger partial charge >= 0.3 is 11.9 Å². The van der Waals surface area contributed by atoms with Crippen LogP contribution in [0.3, 0.4) is 0 Å². The quantitative estimate of drug-likeness (QED) is 0.410. The van der Waals surface area contributed by atoms with E-state index in [1.807, 2.05) is 0 Å². The van der Waals surface area contributed by atoms with Crippen molar-refractivity contribution in [3.05, 3.63) is 0 Å². The van der Waals surface area contributed by atoms with Crippen LogP contribution in [0.5, 0.6) is 0 Å². The van der Waals surface area contributed by atoms with Crippen LogP contribution in [0.4, 0.5) is 0 Å². The zero-order valence-corrected chi connectivity index (χ0v) is 33.0. The number of carboxylic acid groups (broad SMARTS) is 1. The van der Waals surface area contributed by atoms with Crippen molar-refractivity contribution in [2.75, 3.05) is 77.0 Å². The third kappa shape index (κ3) is 228. The fourth-order valence-corrected chi connectivity index (χ4v) is 0.447. The summed E-state index contributed by atoms with van der Waals surface area (Å²) in [5, 5.41) is 7.42. The molecule has 0 aliphatic rings. The van der Waals surface area contributed by atoms with Gasteiger partial charge in [0.05, 0.1) is 28.4 Å². The monoisotopic (exact) mass is 715 g/mol. The van der Waals surface area contributed by atoms with Crippen LogP contribution in [0.25, 0.3) is 0 Å². The topological polar surface area (TPSA) is 220 Å². The minimum Gasteiger partial charge on any atom is -0.481 e. The Morgan fingerprint density at radius 3 is 0.652 bits per heavy atom. The summed E-state index contributed by atoms with van der Waals surface area (Å²) in [6, 6.07) is 0. The van der Waals surface area contributed by atoms with Gasteiger partial charge in [0.25, 0.3) is 5.97 Å². The zero-order chi connectivity index (χ0) is 39.8. The third-order valence-electron chi connectivity index (χ3n) is 2.51. The number of hydrogen-bond donors (Lipinski definition) is 1. The predicted molar refractivity (Wildman–Crippen MR) is 180 cm³/mol. The molecule has 1 N–H and O–H groups in total. The minimum absolute atomic E-state index is 0.0926. The molecule has 0 radical (unpaired) electrons. The summed E-state index contributed by atoms with van der Waals surface area (Å²) in [5.74, 6) is -0.806. The number of aliphatic carboxylic acids is 1. The van der Waals surface area contributed by atoms with Gasteiger partial charge in [-0.25, -0.2) is 12.7 Å². The molecule has 280 valence electrons. The first-order valence-corrected chi connectivity index (χ1v) is 15.1. The van der Waals surface area contributed by atoms with Gasteiger partial charge in [0.2, 0.25) is 23.1 Å². The van der Waals surface area contributed by atoms with E-state index in [0.29, 0.717) is 0 Å². The molecule has 0 rings (SSSR count). The van der Waals surface area contributed by atoms with Gasteiger partial charge < -0.3 is 34.0 Å². The number of esters is 2. The maximum absolute atomic E-state index is 10.3. The Labute approximate surface area is 281 Å². The van der Waals surface area contributed by atoms with Crippen LogP contribution in [0.15, 0.2) is 0 Å². The van der Waals surface area contributed by atoms with E-state index < -0.39 is 28.3 Å². The first kappa shape index (κ1) is 65.5. The van der Waals surface area contributed by atoms with Crippen LogP contribution in [-0.2, 0) is 73.7 Å². The second-order valence-corrected chi connectivity index (χ2v) is 11.0. The standard InChI is InChI=1S/2C4H9NO.C3H9NO2S.2C3H6O2.2C3H6O.C2H6O2S.C2H4O2/c2*1-4(6)5(2)3;1-4(2)7(5)6-3;2*1-3(4)5-2;2*1-3(2)4;1-4-5(2)3;1-2(3)4/h2*1-3H3;1-3H3;2*1-2H3;2*1-2H3;1-2H3;1H3,(H,3,4). The second-order valence-electron chi connectivity index (χ2n) is 8.32. The van der Waals surface area contributed by atoms with Crippen molar-refractivity contribution in [2.45, 2.75) is 62.3 Å². The number of ketones is 2. The molecule has 46 heavy (non-hydrogen) atoms. The molecule has 0 aromatic rings. The largest absolute Gasteiger partial charge is 0.481 e. The van der Waals surface area contributed by atoms with E-state index in [9.17, 15) is 37.2 Å².